The summed E-state index contributed by atoms with van der Waals surface area (Å²) in [5.41, 5.74) is 3.40. The first-order valence-corrected chi connectivity index (χ1v) is 13.0. The number of nitrogens with one attached hydrogen (secondary N) is 1. The number of hydrogen-bond donors (Lipinski definition) is 1. The molecule has 1 aliphatic heterocycles. The van der Waals surface area contributed by atoms with E-state index < -0.39 is 0 Å². The zero-order valence-electron chi connectivity index (χ0n) is 21.4. The van der Waals surface area contributed by atoms with Crippen LogP contribution >= 0.6 is 48.0 Å². The molecule has 2 heterocycles. The molecular weight excluding hydrogens is 552 g/mol. The molecule has 0 bridgehead atoms. The summed E-state index contributed by atoms with van der Waals surface area (Å²) in [6, 6.07) is 15.9. The maximum atomic E-state index is 13.0. The van der Waals surface area contributed by atoms with E-state index >= 15 is 0 Å². The van der Waals surface area contributed by atoms with Crippen LogP contribution in [0.2, 0.25) is 10.0 Å². The molecule has 202 valence electrons. The van der Waals surface area contributed by atoms with Gasteiger partial charge in [-0.05, 0) is 44.2 Å². The third kappa shape index (κ3) is 7.33. The summed E-state index contributed by atoms with van der Waals surface area (Å²) >= 11 is 12.6. The number of nitrogens with zero attached hydrogens (tertiary/aromatic N) is 4. The zero-order valence-corrected chi connectivity index (χ0v) is 24.6. The summed E-state index contributed by atoms with van der Waals surface area (Å²) in [5, 5.41) is 4.29. The van der Waals surface area contributed by atoms with E-state index in [1.54, 1.807) is 0 Å². The van der Waals surface area contributed by atoms with E-state index in [1.165, 1.54) is 0 Å². The van der Waals surface area contributed by atoms with E-state index in [-0.39, 0.29) is 36.6 Å². The Kier molecular flexibility index (Phi) is 12.1. The highest BCUT2D eigenvalue weighted by Crippen LogP contribution is 2.32. The van der Waals surface area contributed by atoms with Crippen LogP contribution in [0.5, 0.6) is 0 Å². The highest BCUT2D eigenvalue weighted by molar-refractivity contribution is 6.43. The molecule has 1 aliphatic rings. The van der Waals surface area contributed by atoms with E-state index in [2.05, 4.69) is 33.5 Å². The van der Waals surface area contributed by atoms with Crippen LogP contribution in [-0.4, -0.2) is 59.6 Å². The summed E-state index contributed by atoms with van der Waals surface area (Å²) in [6.45, 7) is 11.4. The van der Waals surface area contributed by atoms with Crippen molar-refractivity contribution in [3.05, 3.63) is 75.8 Å². The average Bonchev–Trinajstić information content (AvgIpc) is 3.22. The van der Waals surface area contributed by atoms with Gasteiger partial charge >= 0.3 is 0 Å². The maximum absolute atomic E-state index is 13.0. The summed E-state index contributed by atoms with van der Waals surface area (Å²) in [7, 11) is 0. The summed E-state index contributed by atoms with van der Waals surface area (Å²) in [4.78, 5) is 22.4. The minimum atomic E-state index is -0.112. The largest absolute Gasteiger partial charge is 0.368 e. The van der Waals surface area contributed by atoms with Gasteiger partial charge in [0.05, 0.1) is 21.4 Å². The van der Waals surface area contributed by atoms with Gasteiger partial charge in [0.2, 0.25) is 0 Å². The van der Waals surface area contributed by atoms with Crippen LogP contribution in [0.4, 0.5) is 5.69 Å². The van der Waals surface area contributed by atoms with Gasteiger partial charge in [0.1, 0.15) is 11.5 Å². The number of para-hydroxylation sites is 1. The normalized spacial score (nSPS) is 13.7. The fraction of sp³-hybridized carbons (Fsp3) is 0.407. The Morgan fingerprint density at radius 3 is 2.32 bits per heavy atom. The van der Waals surface area contributed by atoms with Gasteiger partial charge in [-0.15, -0.1) is 24.8 Å². The number of piperazine rings is 1. The number of anilines is 1. The van der Waals surface area contributed by atoms with Crippen LogP contribution in [0.25, 0.3) is 5.69 Å². The molecule has 1 fully saturated rings. The Hall–Kier alpha value is -1.96. The molecule has 4 rings (SSSR count). The minimum Gasteiger partial charge on any atom is -0.368 e. The summed E-state index contributed by atoms with van der Waals surface area (Å²) in [6.07, 6.45) is 0.888. The topological polar surface area (TPSA) is 53.4 Å². The van der Waals surface area contributed by atoms with Crippen LogP contribution in [0, 0.1) is 6.92 Å². The second-order valence-corrected chi connectivity index (χ2v) is 10.0. The number of benzene rings is 2. The third-order valence-electron chi connectivity index (χ3n) is 6.46. The number of rotatable bonds is 8. The van der Waals surface area contributed by atoms with Crippen LogP contribution in [0.3, 0.4) is 0 Å². The number of halogens is 4. The highest BCUT2D eigenvalue weighted by atomic mass is 35.5. The first-order chi connectivity index (χ1) is 16.9. The molecule has 1 N–H and O–H groups in total. The first-order valence-electron chi connectivity index (χ1n) is 12.2. The molecule has 0 radical (unpaired) electrons. The number of carbonyl (C=O) groups is 1. The monoisotopic (exact) mass is 585 g/mol. The van der Waals surface area contributed by atoms with Crippen LogP contribution in [-0.2, 0) is 0 Å². The molecule has 1 amide bonds. The van der Waals surface area contributed by atoms with Crippen molar-refractivity contribution in [2.45, 2.75) is 33.1 Å². The number of imidazole rings is 1. The Labute approximate surface area is 242 Å². The molecule has 10 heteroatoms. The number of hydrogen-bond acceptors (Lipinski definition) is 4. The minimum absolute atomic E-state index is 0. The van der Waals surface area contributed by atoms with E-state index in [0.29, 0.717) is 22.3 Å². The molecule has 2 aromatic carbocycles. The molecular formula is C27H35Cl4N5O. The Bertz CT molecular complexity index is 1160. The van der Waals surface area contributed by atoms with Crippen molar-refractivity contribution in [3.63, 3.8) is 0 Å². The molecule has 0 saturated carbocycles. The van der Waals surface area contributed by atoms with Gasteiger partial charge in [-0.25, -0.2) is 4.98 Å². The molecule has 1 aromatic heterocycles. The maximum Gasteiger partial charge on any atom is 0.271 e. The SMILES string of the molecule is Cc1c(C(=O)NCCCN2CCN(c3cccc(Cl)c3Cl)CC2)nc(C(C)C)n1-c1ccccc1.Cl.Cl. The van der Waals surface area contributed by atoms with Crippen molar-refractivity contribution in [2.24, 2.45) is 0 Å². The predicted molar refractivity (Wildman–Crippen MR) is 159 cm³/mol. The molecule has 0 atom stereocenters. The van der Waals surface area contributed by atoms with E-state index in [9.17, 15) is 4.79 Å². The van der Waals surface area contributed by atoms with Gasteiger partial charge in [-0.3, -0.25) is 14.3 Å². The fourth-order valence-corrected chi connectivity index (χ4v) is 4.98. The smallest absolute Gasteiger partial charge is 0.271 e. The summed E-state index contributed by atoms with van der Waals surface area (Å²) < 4.78 is 2.09. The predicted octanol–water partition coefficient (Wildman–Crippen LogP) is 6.40. The molecule has 1 saturated heterocycles. The molecule has 0 unspecified atom stereocenters. The Balaban J connectivity index is 0.00000241. The number of carbonyl (C=O) groups excluding carboxylic acids is 1. The second kappa shape index (κ2) is 14.3. The summed E-state index contributed by atoms with van der Waals surface area (Å²) in [5.74, 6) is 0.993. The van der Waals surface area contributed by atoms with Gasteiger partial charge < -0.3 is 10.2 Å². The van der Waals surface area contributed by atoms with Gasteiger partial charge in [0.15, 0.2) is 0 Å². The lowest BCUT2D eigenvalue weighted by molar-refractivity contribution is 0.0946. The van der Waals surface area contributed by atoms with Crippen molar-refractivity contribution in [1.82, 2.24) is 19.8 Å². The Morgan fingerprint density at radius 2 is 1.68 bits per heavy atom. The van der Waals surface area contributed by atoms with Crippen LogP contribution in [0.15, 0.2) is 48.5 Å². The lowest BCUT2D eigenvalue weighted by Gasteiger charge is -2.36. The van der Waals surface area contributed by atoms with Crippen molar-refractivity contribution in [2.75, 3.05) is 44.2 Å². The first kappa shape index (κ1) is 31.3. The van der Waals surface area contributed by atoms with Crippen molar-refractivity contribution in [1.29, 1.82) is 0 Å². The second-order valence-electron chi connectivity index (χ2n) is 9.24. The molecule has 3 aromatic rings. The number of amides is 1. The standard InChI is InChI=1S/C27H33Cl2N5O.2ClH/c1-19(2)26-31-25(20(3)34(26)21-9-5-4-6-10-21)27(35)30-13-8-14-32-15-17-33(18-16-32)23-12-7-11-22(28)24(23)29;;/h4-7,9-12,19H,8,13-18H2,1-3H3,(H,30,35);2*1H. The van der Waals surface area contributed by atoms with Gasteiger partial charge in [0.25, 0.3) is 5.91 Å². The molecule has 37 heavy (non-hydrogen) atoms. The highest BCUT2D eigenvalue weighted by Gasteiger charge is 2.23. The lowest BCUT2D eigenvalue weighted by atomic mass is 10.2. The van der Waals surface area contributed by atoms with Gasteiger partial charge in [-0.1, -0.05) is 61.3 Å². The van der Waals surface area contributed by atoms with Crippen LogP contribution < -0.4 is 10.2 Å². The van der Waals surface area contributed by atoms with Gasteiger partial charge in [-0.2, -0.15) is 0 Å². The van der Waals surface area contributed by atoms with Crippen LogP contribution in [0.1, 0.15) is 48.2 Å². The average molecular weight is 587 g/mol. The molecule has 6 nitrogen and oxygen atoms in total. The van der Waals surface area contributed by atoms with Crippen molar-refractivity contribution in [3.8, 4) is 5.69 Å². The van der Waals surface area contributed by atoms with Crippen molar-refractivity contribution >= 4 is 59.6 Å². The van der Waals surface area contributed by atoms with E-state index in [1.807, 2.05) is 55.5 Å². The zero-order chi connectivity index (χ0) is 24.9. The fourth-order valence-electron chi connectivity index (χ4n) is 4.57. The van der Waals surface area contributed by atoms with E-state index in [0.717, 1.165) is 62.0 Å². The number of aromatic nitrogens is 2. The van der Waals surface area contributed by atoms with E-state index in [4.69, 9.17) is 28.2 Å². The Morgan fingerprint density at radius 1 is 1.00 bits per heavy atom. The quantitative estimate of drug-likeness (QED) is 0.310. The lowest BCUT2D eigenvalue weighted by Crippen LogP contribution is -2.47. The van der Waals surface area contributed by atoms with Crippen molar-refractivity contribution < 1.29 is 4.79 Å². The molecule has 0 spiro atoms. The van der Waals surface area contributed by atoms with Gasteiger partial charge in [0, 0.05) is 44.3 Å². The molecule has 0 aliphatic carbocycles. The third-order valence-corrected chi connectivity index (χ3v) is 7.27.